The zero-order chi connectivity index (χ0) is 33.3. The lowest BCUT2D eigenvalue weighted by molar-refractivity contribution is -0.208. The van der Waals surface area contributed by atoms with Crippen LogP contribution in [0.4, 0.5) is 0 Å². The highest BCUT2D eigenvalue weighted by atomic mass is 16.5. The molecule has 3 nitrogen and oxygen atoms in total. The average molecular weight is 637 g/mol. The van der Waals surface area contributed by atoms with E-state index >= 15 is 0 Å². The Morgan fingerprint density at radius 2 is 1.36 bits per heavy atom. The van der Waals surface area contributed by atoms with Gasteiger partial charge in [-0.1, -0.05) is 121 Å². The Labute approximate surface area is 285 Å². The SMILES string of the molecule is CC1(C)CC[C@]2(C(=O)OCc3ccccc3)CC[C@]3(C)C(=CCC4[C@@]5(C)C[C@H](OCc6ccccc6)CC(C)(C)C5CC[C@]43C)C2C1. The zero-order valence-electron chi connectivity index (χ0n) is 30.4. The molecule has 3 heteroatoms. The normalized spacial score (nSPS) is 40.1. The first-order valence-corrected chi connectivity index (χ1v) is 18.8. The molecule has 47 heavy (non-hydrogen) atoms. The first kappa shape index (κ1) is 33.1. The molecule has 0 radical (unpaired) electrons. The number of hydrogen-bond acceptors (Lipinski definition) is 3. The van der Waals surface area contributed by atoms with Gasteiger partial charge in [0.2, 0.25) is 0 Å². The molecule has 2 aromatic carbocycles. The summed E-state index contributed by atoms with van der Waals surface area (Å²) in [5.41, 5.74) is 4.54. The summed E-state index contributed by atoms with van der Waals surface area (Å²) in [5.74, 6) is 1.63. The van der Waals surface area contributed by atoms with Crippen LogP contribution in [-0.4, -0.2) is 12.1 Å². The molecule has 0 bridgehead atoms. The van der Waals surface area contributed by atoms with Crippen LogP contribution in [0.3, 0.4) is 0 Å². The number of ether oxygens (including phenoxy) is 2. The largest absolute Gasteiger partial charge is 0.460 e. The Morgan fingerprint density at radius 3 is 2.04 bits per heavy atom. The fourth-order valence-electron chi connectivity index (χ4n) is 12.6. The second-order valence-electron chi connectivity index (χ2n) is 18.7. The van der Waals surface area contributed by atoms with Gasteiger partial charge in [0.1, 0.15) is 6.61 Å². The first-order valence-electron chi connectivity index (χ1n) is 18.8. The Morgan fingerprint density at radius 1 is 0.723 bits per heavy atom. The van der Waals surface area contributed by atoms with E-state index in [0.717, 1.165) is 56.9 Å². The molecule has 2 aromatic rings. The van der Waals surface area contributed by atoms with Gasteiger partial charge in [0.15, 0.2) is 0 Å². The molecule has 0 saturated heterocycles. The predicted molar refractivity (Wildman–Crippen MR) is 190 cm³/mol. The van der Waals surface area contributed by atoms with E-state index < -0.39 is 5.41 Å². The van der Waals surface area contributed by atoms with E-state index in [1.807, 2.05) is 18.2 Å². The Balaban J connectivity index is 1.20. The van der Waals surface area contributed by atoms with Gasteiger partial charge in [0, 0.05) is 0 Å². The van der Waals surface area contributed by atoms with E-state index in [1.54, 1.807) is 5.57 Å². The zero-order valence-corrected chi connectivity index (χ0v) is 30.4. The molecule has 5 aliphatic rings. The third kappa shape index (κ3) is 5.37. The molecule has 0 amide bonds. The first-order chi connectivity index (χ1) is 22.2. The molecule has 5 aliphatic carbocycles. The maximum Gasteiger partial charge on any atom is 0.313 e. The quantitative estimate of drug-likeness (QED) is 0.234. The predicted octanol–water partition coefficient (Wildman–Crippen LogP) is 11.1. The molecule has 0 aromatic heterocycles. The number of rotatable bonds is 6. The molecule has 0 spiro atoms. The number of esters is 1. The second-order valence-corrected chi connectivity index (χ2v) is 18.7. The van der Waals surface area contributed by atoms with Crippen molar-refractivity contribution in [2.75, 3.05) is 0 Å². The minimum atomic E-state index is -0.400. The van der Waals surface area contributed by atoms with Crippen molar-refractivity contribution >= 4 is 5.97 Å². The van der Waals surface area contributed by atoms with Gasteiger partial charge in [-0.3, -0.25) is 4.79 Å². The van der Waals surface area contributed by atoms with Crippen molar-refractivity contribution in [2.24, 2.45) is 50.2 Å². The van der Waals surface area contributed by atoms with E-state index in [-0.39, 0.29) is 45.1 Å². The van der Waals surface area contributed by atoms with Crippen LogP contribution in [0.1, 0.15) is 124 Å². The van der Waals surface area contributed by atoms with Gasteiger partial charge in [-0.05, 0) is 120 Å². The van der Waals surface area contributed by atoms with Crippen molar-refractivity contribution in [3.63, 3.8) is 0 Å². The summed E-state index contributed by atoms with van der Waals surface area (Å²) >= 11 is 0. The standard InChI is InChI=1S/C44H60O3/c1-39(2)22-24-44(38(45)47-30-32-16-12-9-13-17-32)25-23-42(6)34(35(44)28-39)18-19-37-41(5)27-33(46-29-31-14-10-8-11-15-31)26-40(3,4)36(41)20-21-43(37,42)7/h8-18,33,35-37H,19-30H2,1-7H3/t33-,35?,36?,37?,41+,42-,43-,44+/m1/s1. The summed E-state index contributed by atoms with van der Waals surface area (Å²) in [6, 6.07) is 20.9. The van der Waals surface area contributed by atoms with Gasteiger partial charge in [-0.2, -0.15) is 0 Å². The molecule has 3 unspecified atom stereocenters. The second kappa shape index (κ2) is 11.6. The van der Waals surface area contributed by atoms with Gasteiger partial charge in [0.05, 0.1) is 18.1 Å². The van der Waals surface area contributed by atoms with Gasteiger partial charge in [-0.25, -0.2) is 0 Å². The maximum absolute atomic E-state index is 14.3. The van der Waals surface area contributed by atoms with Crippen molar-refractivity contribution in [3.05, 3.63) is 83.4 Å². The summed E-state index contributed by atoms with van der Waals surface area (Å²) in [4.78, 5) is 14.3. The fraction of sp³-hybridized carbons (Fsp3) is 0.659. The monoisotopic (exact) mass is 636 g/mol. The van der Waals surface area contributed by atoms with Crippen LogP contribution < -0.4 is 0 Å². The van der Waals surface area contributed by atoms with E-state index in [2.05, 4.69) is 97.0 Å². The third-order valence-electron chi connectivity index (χ3n) is 15.2. The fourth-order valence-corrected chi connectivity index (χ4v) is 12.6. The molecular formula is C44H60O3. The molecule has 0 heterocycles. The molecule has 0 N–H and O–H groups in total. The van der Waals surface area contributed by atoms with E-state index in [1.165, 1.54) is 18.4 Å². The smallest absolute Gasteiger partial charge is 0.313 e. The van der Waals surface area contributed by atoms with Gasteiger partial charge in [0.25, 0.3) is 0 Å². The summed E-state index contributed by atoms with van der Waals surface area (Å²) in [6.07, 6.45) is 14.1. The highest BCUT2D eigenvalue weighted by molar-refractivity contribution is 5.79. The van der Waals surface area contributed by atoms with E-state index in [4.69, 9.17) is 9.47 Å². The molecule has 4 fully saturated rings. The maximum atomic E-state index is 14.3. The molecule has 8 atom stereocenters. The van der Waals surface area contributed by atoms with Crippen LogP contribution in [0.15, 0.2) is 72.3 Å². The van der Waals surface area contributed by atoms with Crippen LogP contribution in [0.25, 0.3) is 0 Å². The number of benzene rings is 2. The summed E-state index contributed by atoms with van der Waals surface area (Å²) in [7, 11) is 0. The molecule has 254 valence electrons. The Hall–Kier alpha value is -2.39. The molecule has 0 aliphatic heterocycles. The molecule has 4 saturated carbocycles. The lowest BCUT2D eigenvalue weighted by Crippen LogP contribution is -2.65. The van der Waals surface area contributed by atoms with Gasteiger partial charge >= 0.3 is 5.97 Å². The number of allylic oxidation sites excluding steroid dienone is 2. The minimum Gasteiger partial charge on any atom is -0.460 e. The summed E-state index contributed by atoms with van der Waals surface area (Å²) < 4.78 is 13.0. The van der Waals surface area contributed by atoms with Crippen molar-refractivity contribution in [2.45, 2.75) is 132 Å². The van der Waals surface area contributed by atoms with Crippen molar-refractivity contribution in [3.8, 4) is 0 Å². The summed E-state index contributed by atoms with van der Waals surface area (Å²) in [6.45, 7) is 18.9. The van der Waals surface area contributed by atoms with Gasteiger partial charge in [-0.15, -0.1) is 0 Å². The number of fused-ring (bicyclic) bond motifs is 7. The highest BCUT2D eigenvalue weighted by Gasteiger charge is 2.69. The topological polar surface area (TPSA) is 35.5 Å². The van der Waals surface area contributed by atoms with Crippen LogP contribution in [0, 0.1) is 50.2 Å². The average Bonchev–Trinajstić information content (AvgIpc) is 3.03. The lowest BCUT2D eigenvalue weighted by atomic mass is 9.33. The van der Waals surface area contributed by atoms with Crippen LogP contribution >= 0.6 is 0 Å². The van der Waals surface area contributed by atoms with Crippen molar-refractivity contribution in [1.82, 2.24) is 0 Å². The minimum absolute atomic E-state index is 0.0557. The lowest BCUT2D eigenvalue weighted by Gasteiger charge is -2.71. The Bertz CT molecular complexity index is 1490. The van der Waals surface area contributed by atoms with Crippen LogP contribution in [-0.2, 0) is 27.5 Å². The van der Waals surface area contributed by atoms with Crippen LogP contribution in [0.2, 0.25) is 0 Å². The highest BCUT2D eigenvalue weighted by Crippen LogP contribution is 2.76. The van der Waals surface area contributed by atoms with E-state index in [0.29, 0.717) is 25.0 Å². The molecular weight excluding hydrogens is 576 g/mol. The third-order valence-corrected chi connectivity index (χ3v) is 15.2. The number of carbonyl (C=O) groups is 1. The van der Waals surface area contributed by atoms with Crippen molar-refractivity contribution in [1.29, 1.82) is 0 Å². The molecule has 7 rings (SSSR count). The van der Waals surface area contributed by atoms with E-state index in [9.17, 15) is 4.79 Å². The number of carbonyl (C=O) groups excluding carboxylic acids is 1. The number of hydrogen-bond donors (Lipinski definition) is 0. The van der Waals surface area contributed by atoms with Crippen LogP contribution in [0.5, 0.6) is 0 Å². The van der Waals surface area contributed by atoms with Crippen molar-refractivity contribution < 1.29 is 14.3 Å². The van der Waals surface area contributed by atoms with Gasteiger partial charge < -0.3 is 9.47 Å². The Kier molecular flexibility index (Phi) is 8.18. The summed E-state index contributed by atoms with van der Waals surface area (Å²) in [5, 5.41) is 0.